The van der Waals surface area contributed by atoms with Crippen LogP contribution in [-0.2, 0) is 26.1 Å². The fraction of sp³-hybridized carbons (Fsp3) is 0.300. The maximum absolute atomic E-state index is 13.1. The lowest BCUT2D eigenvalue weighted by Crippen LogP contribution is -2.30. The molecule has 0 bridgehead atoms. The van der Waals surface area contributed by atoms with Gasteiger partial charge in [-0.25, -0.2) is 4.98 Å². The van der Waals surface area contributed by atoms with E-state index in [1.165, 1.54) is 27.8 Å². The van der Waals surface area contributed by atoms with Gasteiger partial charge < -0.3 is 0 Å². The molecular formula is C20H21N3OS2. The molecule has 0 unspecified atom stereocenters. The highest BCUT2D eigenvalue weighted by Crippen LogP contribution is 2.33. The molecule has 1 aliphatic heterocycles. The van der Waals surface area contributed by atoms with Crippen LogP contribution >= 0.6 is 23.1 Å². The maximum atomic E-state index is 13.1. The van der Waals surface area contributed by atoms with E-state index >= 15 is 0 Å². The van der Waals surface area contributed by atoms with E-state index < -0.39 is 0 Å². The van der Waals surface area contributed by atoms with E-state index in [1.807, 2.05) is 12.3 Å². The Morgan fingerprint density at radius 1 is 1.35 bits per heavy atom. The molecule has 0 saturated carbocycles. The highest BCUT2D eigenvalue weighted by Gasteiger charge is 2.24. The van der Waals surface area contributed by atoms with Crippen molar-refractivity contribution in [3.05, 3.63) is 69.3 Å². The van der Waals surface area contributed by atoms with E-state index in [2.05, 4.69) is 35.7 Å². The smallest absolute Gasteiger partial charge is 0.263 e. The maximum Gasteiger partial charge on any atom is 0.263 e. The van der Waals surface area contributed by atoms with Crippen LogP contribution in [0.4, 0.5) is 0 Å². The first-order valence-corrected chi connectivity index (χ1v) is 10.7. The summed E-state index contributed by atoms with van der Waals surface area (Å²) < 4.78 is 1.74. The zero-order valence-electron chi connectivity index (χ0n) is 14.8. The summed E-state index contributed by atoms with van der Waals surface area (Å²) >= 11 is 3.19. The summed E-state index contributed by atoms with van der Waals surface area (Å²) in [4.78, 5) is 22.4. The second-order valence-electron chi connectivity index (χ2n) is 6.43. The van der Waals surface area contributed by atoms with Gasteiger partial charge in [-0.05, 0) is 23.8 Å². The monoisotopic (exact) mass is 383 g/mol. The van der Waals surface area contributed by atoms with Crippen molar-refractivity contribution in [1.82, 2.24) is 14.5 Å². The van der Waals surface area contributed by atoms with Crippen LogP contribution in [-0.4, -0.2) is 27.3 Å². The molecule has 26 heavy (non-hydrogen) atoms. The highest BCUT2D eigenvalue weighted by atomic mass is 32.2. The Bertz CT molecular complexity index is 1010. The van der Waals surface area contributed by atoms with Crippen LogP contribution in [0.5, 0.6) is 0 Å². The summed E-state index contributed by atoms with van der Waals surface area (Å²) in [5.41, 5.74) is 2.61. The first-order chi connectivity index (χ1) is 12.7. The molecule has 134 valence electrons. The normalized spacial score (nSPS) is 14.5. The van der Waals surface area contributed by atoms with Crippen LogP contribution in [0.1, 0.15) is 16.0 Å². The van der Waals surface area contributed by atoms with E-state index in [-0.39, 0.29) is 5.56 Å². The van der Waals surface area contributed by atoms with Crippen LogP contribution < -0.4 is 5.56 Å². The first kappa shape index (κ1) is 17.5. The molecule has 3 heterocycles. The van der Waals surface area contributed by atoms with Crippen LogP contribution in [0.25, 0.3) is 10.2 Å². The molecule has 0 spiro atoms. The average molecular weight is 384 g/mol. The zero-order valence-corrected chi connectivity index (χ0v) is 16.4. The van der Waals surface area contributed by atoms with Crippen molar-refractivity contribution in [3.63, 3.8) is 0 Å². The Hall–Kier alpha value is -1.89. The lowest BCUT2D eigenvalue weighted by molar-refractivity contribution is 0.249. The SMILES string of the molecule is C=CCn1c(SC)nc2sc3c(c2c1=O)CCN(Cc1ccccc1)C3. The number of hydrogen-bond donors (Lipinski definition) is 0. The van der Waals surface area contributed by atoms with Gasteiger partial charge in [-0.3, -0.25) is 14.3 Å². The molecule has 3 aromatic rings. The third-order valence-corrected chi connectivity index (χ3v) is 6.54. The van der Waals surface area contributed by atoms with Crippen molar-refractivity contribution in [1.29, 1.82) is 0 Å². The quantitative estimate of drug-likeness (QED) is 0.380. The van der Waals surface area contributed by atoms with E-state index in [9.17, 15) is 4.79 Å². The van der Waals surface area contributed by atoms with Gasteiger partial charge in [0.05, 0.1) is 5.39 Å². The van der Waals surface area contributed by atoms with E-state index in [4.69, 9.17) is 4.98 Å². The Morgan fingerprint density at radius 2 is 2.15 bits per heavy atom. The van der Waals surface area contributed by atoms with Crippen molar-refractivity contribution >= 4 is 33.3 Å². The van der Waals surface area contributed by atoms with Gasteiger partial charge >= 0.3 is 0 Å². The van der Waals surface area contributed by atoms with Crippen molar-refractivity contribution in [2.45, 2.75) is 31.2 Å². The number of aromatic nitrogens is 2. The molecule has 6 heteroatoms. The van der Waals surface area contributed by atoms with Gasteiger partial charge in [-0.2, -0.15) is 0 Å². The number of nitrogens with zero attached hydrogens (tertiary/aromatic N) is 3. The predicted octanol–water partition coefficient (Wildman–Crippen LogP) is 3.92. The minimum absolute atomic E-state index is 0.0771. The van der Waals surface area contributed by atoms with Gasteiger partial charge in [0, 0.05) is 31.1 Å². The standard InChI is InChI=1S/C20H21N3OS2/c1-3-10-23-19(24)17-15-9-11-22(12-14-7-5-4-6-8-14)13-16(15)26-18(17)21-20(23)25-2/h3-8H,1,9-13H2,2H3. The average Bonchev–Trinajstić information content (AvgIpc) is 3.02. The summed E-state index contributed by atoms with van der Waals surface area (Å²) in [5, 5.41) is 1.59. The van der Waals surface area contributed by atoms with Crippen molar-refractivity contribution in [3.8, 4) is 0 Å². The van der Waals surface area contributed by atoms with Crippen LogP contribution in [0, 0.1) is 0 Å². The summed E-state index contributed by atoms with van der Waals surface area (Å²) in [7, 11) is 0. The molecule has 0 fully saturated rings. The molecule has 0 aliphatic carbocycles. The van der Waals surface area contributed by atoms with Crippen LogP contribution in [0.15, 0.2) is 52.9 Å². The minimum atomic E-state index is 0.0771. The largest absolute Gasteiger partial charge is 0.294 e. The van der Waals surface area contributed by atoms with Crippen LogP contribution in [0.3, 0.4) is 0 Å². The number of fused-ring (bicyclic) bond motifs is 3. The van der Waals surface area contributed by atoms with E-state index in [0.717, 1.165) is 41.4 Å². The third kappa shape index (κ3) is 3.13. The number of thiophene rings is 1. The Balaban J connectivity index is 1.71. The van der Waals surface area contributed by atoms with Gasteiger partial charge in [0.1, 0.15) is 4.83 Å². The molecular weight excluding hydrogens is 362 g/mol. The summed E-state index contributed by atoms with van der Waals surface area (Å²) in [6.07, 6.45) is 4.63. The second kappa shape index (κ2) is 7.39. The van der Waals surface area contributed by atoms with Gasteiger partial charge in [0.15, 0.2) is 5.16 Å². The number of rotatable bonds is 5. The molecule has 0 amide bonds. The number of hydrogen-bond acceptors (Lipinski definition) is 5. The van der Waals surface area contributed by atoms with Gasteiger partial charge in [-0.15, -0.1) is 17.9 Å². The first-order valence-electron chi connectivity index (χ1n) is 8.67. The van der Waals surface area contributed by atoms with Crippen molar-refractivity contribution < 1.29 is 0 Å². The lowest BCUT2D eigenvalue weighted by Gasteiger charge is -2.26. The van der Waals surface area contributed by atoms with Crippen molar-refractivity contribution in [2.24, 2.45) is 0 Å². The Kier molecular flexibility index (Phi) is 4.98. The Labute approximate surface area is 161 Å². The highest BCUT2D eigenvalue weighted by molar-refractivity contribution is 7.98. The van der Waals surface area contributed by atoms with E-state index in [0.29, 0.717) is 6.54 Å². The Morgan fingerprint density at radius 3 is 2.88 bits per heavy atom. The fourth-order valence-corrected chi connectivity index (χ4v) is 5.40. The molecule has 0 atom stereocenters. The topological polar surface area (TPSA) is 38.1 Å². The molecule has 2 aromatic heterocycles. The molecule has 4 rings (SSSR count). The number of thioether (sulfide) groups is 1. The molecule has 0 N–H and O–H groups in total. The van der Waals surface area contributed by atoms with Gasteiger partial charge in [-0.1, -0.05) is 48.2 Å². The fourth-order valence-electron chi connectivity index (χ4n) is 3.53. The van der Waals surface area contributed by atoms with Crippen molar-refractivity contribution in [2.75, 3.05) is 12.8 Å². The summed E-state index contributed by atoms with van der Waals surface area (Å²) in [6.45, 7) is 7.08. The van der Waals surface area contributed by atoms with Gasteiger partial charge in [0.2, 0.25) is 0 Å². The summed E-state index contributed by atoms with van der Waals surface area (Å²) in [5.74, 6) is 0. The molecule has 0 saturated heterocycles. The third-order valence-electron chi connectivity index (χ3n) is 4.75. The van der Waals surface area contributed by atoms with Gasteiger partial charge in [0.25, 0.3) is 5.56 Å². The van der Waals surface area contributed by atoms with E-state index in [1.54, 1.807) is 22.0 Å². The summed E-state index contributed by atoms with van der Waals surface area (Å²) in [6, 6.07) is 10.6. The van der Waals surface area contributed by atoms with Crippen LogP contribution in [0.2, 0.25) is 0 Å². The number of allylic oxidation sites excluding steroid dienone is 1. The molecule has 1 aliphatic rings. The molecule has 0 radical (unpaired) electrons. The number of benzene rings is 1. The lowest BCUT2D eigenvalue weighted by atomic mass is 10.0. The second-order valence-corrected chi connectivity index (χ2v) is 8.29. The minimum Gasteiger partial charge on any atom is -0.294 e. The molecule has 1 aromatic carbocycles. The molecule has 4 nitrogen and oxygen atoms in total. The predicted molar refractivity (Wildman–Crippen MR) is 110 cm³/mol. The zero-order chi connectivity index (χ0) is 18.1.